The quantitative estimate of drug-likeness (QED) is 0.564. The summed E-state index contributed by atoms with van der Waals surface area (Å²) in [5, 5.41) is 5.66. The Morgan fingerprint density at radius 2 is 1.74 bits per heavy atom. The van der Waals surface area contributed by atoms with Crippen molar-refractivity contribution in [3.63, 3.8) is 0 Å². The first-order chi connectivity index (χ1) is 17.0. The Balaban J connectivity index is 1.15. The number of ether oxygens (including phenoxy) is 1. The third kappa shape index (κ3) is 5.49. The number of rotatable bonds is 6. The summed E-state index contributed by atoms with van der Waals surface area (Å²) in [7, 11) is 0. The maximum Gasteiger partial charge on any atom is 0.237 e. The van der Waals surface area contributed by atoms with Crippen LogP contribution in [0.1, 0.15) is 48.3 Å². The molecule has 3 heterocycles. The Morgan fingerprint density at radius 1 is 1.03 bits per heavy atom. The molecule has 0 spiro atoms. The second-order valence-electron chi connectivity index (χ2n) is 9.96. The van der Waals surface area contributed by atoms with Crippen LogP contribution in [0.3, 0.4) is 0 Å². The second-order valence-corrected chi connectivity index (χ2v) is 9.96. The molecule has 2 fully saturated rings. The molecular weight excluding hydrogens is 440 g/mol. The lowest BCUT2D eigenvalue weighted by Gasteiger charge is -2.32. The van der Waals surface area contributed by atoms with Crippen molar-refractivity contribution >= 4 is 22.8 Å². The molecular formula is C27H36N6O2. The van der Waals surface area contributed by atoms with Gasteiger partial charge in [0.25, 0.3) is 0 Å². The number of pyridine rings is 1. The zero-order valence-corrected chi connectivity index (χ0v) is 21.0. The summed E-state index contributed by atoms with van der Waals surface area (Å²) >= 11 is 0. The molecule has 1 aliphatic carbocycles. The summed E-state index contributed by atoms with van der Waals surface area (Å²) in [5.74, 6) is 1.25. The monoisotopic (exact) mass is 476 g/mol. The van der Waals surface area contributed by atoms with E-state index in [4.69, 9.17) is 14.7 Å². The van der Waals surface area contributed by atoms with Gasteiger partial charge in [0.2, 0.25) is 5.91 Å². The highest BCUT2D eigenvalue weighted by molar-refractivity contribution is 5.78. The van der Waals surface area contributed by atoms with Crippen LogP contribution in [0, 0.1) is 26.7 Å². The van der Waals surface area contributed by atoms with E-state index in [0.717, 1.165) is 73.7 Å². The van der Waals surface area contributed by atoms with Crippen LogP contribution in [-0.2, 0) is 16.1 Å². The van der Waals surface area contributed by atoms with Gasteiger partial charge in [-0.05, 0) is 75.8 Å². The molecule has 1 saturated carbocycles. The van der Waals surface area contributed by atoms with Gasteiger partial charge >= 0.3 is 0 Å². The number of morpholine rings is 1. The maximum absolute atomic E-state index is 12.6. The van der Waals surface area contributed by atoms with Gasteiger partial charge in [-0.15, -0.1) is 0 Å². The molecule has 2 aliphatic rings. The van der Waals surface area contributed by atoms with Crippen molar-refractivity contribution in [1.29, 1.82) is 0 Å². The first kappa shape index (κ1) is 23.8. The predicted octanol–water partition coefficient (Wildman–Crippen LogP) is 3.74. The highest BCUT2D eigenvalue weighted by Gasteiger charge is 2.27. The molecule has 1 saturated heterocycles. The average Bonchev–Trinajstić information content (AvgIpc) is 3.17. The maximum atomic E-state index is 12.6. The zero-order chi connectivity index (χ0) is 24.4. The molecule has 3 aromatic rings. The lowest BCUT2D eigenvalue weighted by Crippen LogP contribution is -2.50. The van der Waals surface area contributed by atoms with Crippen molar-refractivity contribution in [1.82, 2.24) is 25.0 Å². The summed E-state index contributed by atoms with van der Waals surface area (Å²) in [6, 6.07) is 11.2. The molecule has 0 atom stereocenters. The van der Waals surface area contributed by atoms with Gasteiger partial charge < -0.3 is 14.6 Å². The minimum absolute atomic E-state index is 0.104. The van der Waals surface area contributed by atoms with Crippen LogP contribution in [0.4, 0.5) is 5.69 Å². The number of hydrogen-bond donors (Lipinski definition) is 2. The summed E-state index contributed by atoms with van der Waals surface area (Å²) < 4.78 is 7.55. The molecule has 0 bridgehead atoms. The Morgan fingerprint density at radius 3 is 2.46 bits per heavy atom. The van der Waals surface area contributed by atoms with E-state index in [1.165, 1.54) is 11.1 Å². The zero-order valence-electron chi connectivity index (χ0n) is 21.0. The number of nitrogens with one attached hydrogen (secondary N) is 2. The number of benzene rings is 1. The summed E-state index contributed by atoms with van der Waals surface area (Å²) in [6.07, 6.45) is 3.86. The SMILES string of the molecule is Cc1cc(C)c2nc(C)n(Cc3ccc(NC4CCC(C(=O)NN5CCOCC5)CC4)cc3)c2n1. The van der Waals surface area contributed by atoms with Crippen LogP contribution in [0.5, 0.6) is 0 Å². The highest BCUT2D eigenvalue weighted by Crippen LogP contribution is 2.27. The lowest BCUT2D eigenvalue weighted by molar-refractivity contribution is -0.133. The van der Waals surface area contributed by atoms with Crippen LogP contribution < -0.4 is 10.7 Å². The molecule has 8 heteroatoms. The molecule has 0 radical (unpaired) electrons. The molecule has 2 aromatic heterocycles. The van der Waals surface area contributed by atoms with Crippen molar-refractivity contribution in [2.45, 2.75) is 59.0 Å². The molecule has 1 aliphatic heterocycles. The number of hydrogen-bond acceptors (Lipinski definition) is 6. The standard InChI is InChI=1S/C27H36N6O2/c1-18-16-19(2)28-26-25(18)29-20(3)33(26)17-21-4-8-23(9-5-21)30-24-10-6-22(7-11-24)27(34)31-32-12-14-35-15-13-32/h4-5,8-9,16,22,24,30H,6-7,10-15,17H2,1-3H3,(H,31,34). The topological polar surface area (TPSA) is 84.3 Å². The second kappa shape index (κ2) is 10.3. The van der Waals surface area contributed by atoms with E-state index >= 15 is 0 Å². The number of hydrazine groups is 1. The van der Waals surface area contributed by atoms with Crippen molar-refractivity contribution in [3.8, 4) is 0 Å². The Labute approximate surface area is 207 Å². The fourth-order valence-corrected chi connectivity index (χ4v) is 5.25. The number of aromatic nitrogens is 3. The number of anilines is 1. The van der Waals surface area contributed by atoms with E-state index < -0.39 is 0 Å². The fourth-order valence-electron chi connectivity index (χ4n) is 5.25. The first-order valence-corrected chi connectivity index (χ1v) is 12.8. The van der Waals surface area contributed by atoms with Crippen LogP contribution >= 0.6 is 0 Å². The van der Waals surface area contributed by atoms with E-state index in [0.29, 0.717) is 19.3 Å². The average molecular weight is 477 g/mol. The van der Waals surface area contributed by atoms with Gasteiger partial charge in [0.15, 0.2) is 5.65 Å². The minimum Gasteiger partial charge on any atom is -0.382 e. The highest BCUT2D eigenvalue weighted by atomic mass is 16.5. The number of carbonyl (C=O) groups excluding carboxylic acids is 1. The fraction of sp³-hybridized carbons (Fsp3) is 0.519. The first-order valence-electron chi connectivity index (χ1n) is 12.8. The molecule has 2 N–H and O–H groups in total. The predicted molar refractivity (Wildman–Crippen MR) is 137 cm³/mol. The van der Waals surface area contributed by atoms with E-state index in [1.54, 1.807) is 0 Å². The minimum atomic E-state index is 0.104. The van der Waals surface area contributed by atoms with Crippen LogP contribution in [0.15, 0.2) is 30.3 Å². The third-order valence-electron chi connectivity index (χ3n) is 7.26. The Hall–Kier alpha value is -2.97. The number of amides is 1. The largest absolute Gasteiger partial charge is 0.382 e. The molecule has 8 nitrogen and oxygen atoms in total. The van der Waals surface area contributed by atoms with Gasteiger partial charge in [-0.2, -0.15) is 0 Å². The van der Waals surface area contributed by atoms with E-state index in [2.05, 4.69) is 52.6 Å². The normalized spacial score (nSPS) is 21.2. The Bertz CT molecular complexity index is 1170. The third-order valence-corrected chi connectivity index (χ3v) is 7.26. The van der Waals surface area contributed by atoms with Gasteiger partial charge in [0.1, 0.15) is 11.3 Å². The number of fused-ring (bicyclic) bond motifs is 1. The number of aryl methyl sites for hydroxylation is 3. The van der Waals surface area contributed by atoms with Crippen LogP contribution in [0.2, 0.25) is 0 Å². The van der Waals surface area contributed by atoms with Crippen LogP contribution in [-0.4, -0.2) is 57.8 Å². The van der Waals surface area contributed by atoms with E-state index in [1.807, 2.05) is 18.9 Å². The van der Waals surface area contributed by atoms with Gasteiger partial charge in [0, 0.05) is 36.4 Å². The number of imidazole rings is 1. The smallest absolute Gasteiger partial charge is 0.237 e. The summed E-state index contributed by atoms with van der Waals surface area (Å²) in [6.45, 7) is 9.83. The number of nitrogens with zero attached hydrogens (tertiary/aromatic N) is 4. The van der Waals surface area contributed by atoms with Gasteiger partial charge in [-0.25, -0.2) is 15.0 Å². The van der Waals surface area contributed by atoms with Crippen molar-refractivity contribution in [2.24, 2.45) is 5.92 Å². The number of carbonyl (C=O) groups is 1. The molecule has 35 heavy (non-hydrogen) atoms. The molecule has 1 amide bonds. The van der Waals surface area contributed by atoms with Crippen LogP contribution in [0.25, 0.3) is 11.2 Å². The molecule has 5 rings (SSSR count). The van der Waals surface area contributed by atoms with Crippen molar-refractivity contribution < 1.29 is 9.53 Å². The van der Waals surface area contributed by atoms with Gasteiger partial charge in [-0.1, -0.05) is 12.1 Å². The molecule has 1 aromatic carbocycles. The van der Waals surface area contributed by atoms with Gasteiger partial charge in [-0.3, -0.25) is 10.2 Å². The van der Waals surface area contributed by atoms with Crippen molar-refractivity contribution in [3.05, 3.63) is 53.0 Å². The van der Waals surface area contributed by atoms with Gasteiger partial charge in [0.05, 0.1) is 19.8 Å². The lowest BCUT2D eigenvalue weighted by atomic mass is 9.85. The van der Waals surface area contributed by atoms with E-state index in [9.17, 15) is 4.79 Å². The summed E-state index contributed by atoms with van der Waals surface area (Å²) in [5.41, 5.74) is 9.57. The Kier molecular flexibility index (Phi) is 7.02. The van der Waals surface area contributed by atoms with E-state index in [-0.39, 0.29) is 11.8 Å². The summed E-state index contributed by atoms with van der Waals surface area (Å²) in [4.78, 5) is 22.1. The molecule has 186 valence electrons. The molecule has 0 unspecified atom stereocenters. The van der Waals surface area contributed by atoms with Crippen molar-refractivity contribution in [2.75, 3.05) is 31.6 Å².